The van der Waals surface area contributed by atoms with E-state index in [1.54, 1.807) is 5.56 Å². The Morgan fingerprint density at radius 3 is 2.81 bits per heavy atom. The van der Waals surface area contributed by atoms with Gasteiger partial charge in [0.2, 0.25) is 0 Å². The van der Waals surface area contributed by atoms with Crippen LogP contribution >= 0.6 is 0 Å². The number of hydrogen-bond donors (Lipinski definition) is 1. The minimum atomic E-state index is 0.681. The Balaban J connectivity index is 2.20. The lowest BCUT2D eigenvalue weighted by Gasteiger charge is -2.31. The Morgan fingerprint density at radius 1 is 1.25 bits per heavy atom. The molecule has 1 aliphatic rings. The van der Waals surface area contributed by atoms with Crippen molar-refractivity contribution in [2.45, 2.75) is 51.0 Å². The third-order valence-electron chi connectivity index (χ3n) is 3.92. The molecule has 88 valence electrons. The summed E-state index contributed by atoms with van der Waals surface area (Å²) in [5, 5.41) is 3.49. The molecule has 0 radical (unpaired) electrons. The van der Waals surface area contributed by atoms with Crippen LogP contribution in [0.2, 0.25) is 0 Å². The molecular formula is C15H23N. The van der Waals surface area contributed by atoms with Crippen LogP contribution in [0.4, 0.5) is 0 Å². The predicted molar refractivity (Wildman–Crippen MR) is 69.9 cm³/mol. The molecular weight excluding hydrogens is 194 g/mol. The van der Waals surface area contributed by atoms with Crippen molar-refractivity contribution in [3.05, 3.63) is 35.4 Å². The zero-order chi connectivity index (χ0) is 11.4. The van der Waals surface area contributed by atoms with E-state index in [1.165, 1.54) is 31.2 Å². The van der Waals surface area contributed by atoms with Crippen molar-refractivity contribution < 1.29 is 0 Å². The number of rotatable bonds is 3. The molecule has 2 atom stereocenters. The SMILES string of the molecule is CCc1cccc(C2CCCCC2NC)c1. The first-order valence-electron chi connectivity index (χ1n) is 6.61. The zero-order valence-corrected chi connectivity index (χ0v) is 10.5. The largest absolute Gasteiger partial charge is 0.316 e. The molecule has 0 spiro atoms. The highest BCUT2D eigenvalue weighted by Crippen LogP contribution is 2.33. The summed E-state index contributed by atoms with van der Waals surface area (Å²) in [6, 6.07) is 9.84. The van der Waals surface area contributed by atoms with Crippen molar-refractivity contribution in [1.29, 1.82) is 0 Å². The van der Waals surface area contributed by atoms with Gasteiger partial charge in [-0.1, -0.05) is 44.0 Å². The van der Waals surface area contributed by atoms with Gasteiger partial charge in [0.05, 0.1) is 0 Å². The molecule has 2 rings (SSSR count). The molecule has 1 fully saturated rings. The van der Waals surface area contributed by atoms with E-state index in [4.69, 9.17) is 0 Å². The summed E-state index contributed by atoms with van der Waals surface area (Å²) in [7, 11) is 2.10. The second-order valence-electron chi connectivity index (χ2n) is 4.88. The van der Waals surface area contributed by atoms with E-state index < -0.39 is 0 Å². The first kappa shape index (κ1) is 11.7. The van der Waals surface area contributed by atoms with E-state index in [-0.39, 0.29) is 0 Å². The lowest BCUT2D eigenvalue weighted by Crippen LogP contribution is -2.34. The topological polar surface area (TPSA) is 12.0 Å². The van der Waals surface area contributed by atoms with Crippen molar-refractivity contribution in [2.24, 2.45) is 0 Å². The molecule has 1 aromatic rings. The van der Waals surface area contributed by atoms with Crippen LogP contribution < -0.4 is 5.32 Å². The third kappa shape index (κ3) is 2.46. The highest BCUT2D eigenvalue weighted by molar-refractivity contribution is 5.28. The number of hydrogen-bond acceptors (Lipinski definition) is 1. The van der Waals surface area contributed by atoms with Crippen molar-refractivity contribution in [3.8, 4) is 0 Å². The van der Waals surface area contributed by atoms with Crippen LogP contribution in [-0.4, -0.2) is 13.1 Å². The van der Waals surface area contributed by atoms with Crippen LogP contribution in [0, 0.1) is 0 Å². The maximum absolute atomic E-state index is 3.49. The summed E-state index contributed by atoms with van der Waals surface area (Å²) < 4.78 is 0. The van der Waals surface area contributed by atoms with Crippen LogP contribution in [0.1, 0.15) is 49.7 Å². The number of aryl methyl sites for hydroxylation is 1. The van der Waals surface area contributed by atoms with Crippen molar-refractivity contribution >= 4 is 0 Å². The molecule has 1 aliphatic carbocycles. The predicted octanol–water partition coefficient (Wildman–Crippen LogP) is 3.49. The van der Waals surface area contributed by atoms with Gasteiger partial charge in [-0.15, -0.1) is 0 Å². The van der Waals surface area contributed by atoms with E-state index in [0.717, 1.165) is 12.3 Å². The van der Waals surface area contributed by atoms with Crippen molar-refractivity contribution in [2.75, 3.05) is 7.05 Å². The smallest absolute Gasteiger partial charge is 0.0133 e. The Hall–Kier alpha value is -0.820. The molecule has 0 aliphatic heterocycles. The van der Waals surface area contributed by atoms with E-state index >= 15 is 0 Å². The van der Waals surface area contributed by atoms with Gasteiger partial charge >= 0.3 is 0 Å². The lowest BCUT2D eigenvalue weighted by atomic mass is 9.79. The van der Waals surface area contributed by atoms with Gasteiger partial charge < -0.3 is 5.32 Å². The average molecular weight is 217 g/mol. The maximum Gasteiger partial charge on any atom is 0.0133 e. The van der Waals surface area contributed by atoms with Gasteiger partial charge in [-0.3, -0.25) is 0 Å². The minimum Gasteiger partial charge on any atom is -0.316 e. The van der Waals surface area contributed by atoms with Crippen LogP contribution in [-0.2, 0) is 6.42 Å². The number of nitrogens with one attached hydrogen (secondary N) is 1. The minimum absolute atomic E-state index is 0.681. The molecule has 2 unspecified atom stereocenters. The summed E-state index contributed by atoms with van der Waals surface area (Å²) in [5.41, 5.74) is 3.01. The van der Waals surface area contributed by atoms with Crippen LogP contribution in [0.3, 0.4) is 0 Å². The molecule has 1 nitrogen and oxygen atoms in total. The van der Waals surface area contributed by atoms with Crippen molar-refractivity contribution in [3.63, 3.8) is 0 Å². The van der Waals surface area contributed by atoms with Gasteiger partial charge in [0, 0.05) is 6.04 Å². The average Bonchev–Trinajstić information content (AvgIpc) is 2.38. The number of likely N-dealkylation sites (N-methyl/N-ethyl adjacent to an activating group) is 1. The molecule has 1 heteroatoms. The lowest BCUT2D eigenvalue weighted by molar-refractivity contribution is 0.344. The highest BCUT2D eigenvalue weighted by atomic mass is 14.9. The number of benzene rings is 1. The fourth-order valence-electron chi connectivity index (χ4n) is 2.92. The fourth-order valence-corrected chi connectivity index (χ4v) is 2.92. The van der Waals surface area contributed by atoms with E-state index in [2.05, 4.69) is 43.6 Å². The van der Waals surface area contributed by atoms with Gasteiger partial charge in [-0.25, -0.2) is 0 Å². The molecule has 0 amide bonds. The zero-order valence-electron chi connectivity index (χ0n) is 10.5. The molecule has 16 heavy (non-hydrogen) atoms. The fraction of sp³-hybridized carbons (Fsp3) is 0.600. The van der Waals surface area contributed by atoms with Gasteiger partial charge in [-0.05, 0) is 43.4 Å². The molecule has 0 aromatic heterocycles. The first-order valence-corrected chi connectivity index (χ1v) is 6.61. The monoisotopic (exact) mass is 217 g/mol. The Morgan fingerprint density at radius 2 is 2.06 bits per heavy atom. The van der Waals surface area contributed by atoms with Gasteiger partial charge in [0.1, 0.15) is 0 Å². The summed E-state index contributed by atoms with van der Waals surface area (Å²) >= 11 is 0. The first-order chi connectivity index (χ1) is 7.85. The summed E-state index contributed by atoms with van der Waals surface area (Å²) in [4.78, 5) is 0. The van der Waals surface area contributed by atoms with Gasteiger partial charge in [0.15, 0.2) is 0 Å². The van der Waals surface area contributed by atoms with Crippen LogP contribution in [0.15, 0.2) is 24.3 Å². The Labute approximate surface area is 99.3 Å². The highest BCUT2D eigenvalue weighted by Gasteiger charge is 2.24. The molecule has 1 aromatic carbocycles. The van der Waals surface area contributed by atoms with Crippen LogP contribution in [0.5, 0.6) is 0 Å². The molecule has 1 N–H and O–H groups in total. The maximum atomic E-state index is 3.49. The van der Waals surface area contributed by atoms with Crippen LogP contribution in [0.25, 0.3) is 0 Å². The summed E-state index contributed by atoms with van der Waals surface area (Å²) in [5.74, 6) is 0.727. The van der Waals surface area contributed by atoms with Crippen molar-refractivity contribution in [1.82, 2.24) is 5.32 Å². The Kier molecular flexibility index (Phi) is 4.00. The van der Waals surface area contributed by atoms with E-state index in [0.29, 0.717) is 6.04 Å². The Bertz CT molecular complexity index is 332. The third-order valence-corrected chi connectivity index (χ3v) is 3.92. The quantitative estimate of drug-likeness (QED) is 0.817. The second-order valence-corrected chi connectivity index (χ2v) is 4.88. The molecule has 0 saturated heterocycles. The van der Waals surface area contributed by atoms with Gasteiger partial charge in [-0.2, -0.15) is 0 Å². The molecule has 0 bridgehead atoms. The van der Waals surface area contributed by atoms with Gasteiger partial charge in [0.25, 0.3) is 0 Å². The summed E-state index contributed by atoms with van der Waals surface area (Å²) in [6.45, 7) is 2.23. The standard InChI is InChI=1S/C15H23N/c1-3-12-7-6-8-13(11-12)14-9-4-5-10-15(14)16-2/h6-8,11,14-16H,3-5,9-10H2,1-2H3. The summed E-state index contributed by atoms with van der Waals surface area (Å²) in [6.07, 6.45) is 6.59. The van der Waals surface area contributed by atoms with E-state index in [9.17, 15) is 0 Å². The molecule has 0 heterocycles. The normalized spacial score (nSPS) is 25.6. The second kappa shape index (κ2) is 5.49. The molecule has 1 saturated carbocycles. The van der Waals surface area contributed by atoms with E-state index in [1.807, 2.05) is 0 Å².